The SMILES string of the molecule is CC(C)(C)CC(=O)C1C[C@H]2CNC[C@H]2N1C(=O)C[C@H](N)Cc1cc(F)c(F)cc1F. The summed E-state index contributed by atoms with van der Waals surface area (Å²) in [6.07, 6.45) is 0.808. The normalized spacial score (nSPS) is 24.8. The first-order valence-electron chi connectivity index (χ1n) is 10.4. The second-order valence-corrected chi connectivity index (χ2v) is 9.77. The molecular formula is C22H30F3N3O2. The molecule has 0 saturated carbocycles. The van der Waals surface area contributed by atoms with Crippen LogP contribution in [0.3, 0.4) is 0 Å². The number of carbonyl (C=O) groups is 2. The van der Waals surface area contributed by atoms with Gasteiger partial charge in [-0.25, -0.2) is 13.2 Å². The topological polar surface area (TPSA) is 75.4 Å². The minimum Gasteiger partial charge on any atom is -0.328 e. The van der Waals surface area contributed by atoms with E-state index in [-0.39, 0.29) is 47.5 Å². The standard InChI is InChI=1S/C22H30F3N3O2/c1-22(2,3)9-20(29)18-6-13-10-27-11-19(13)28(18)21(30)7-14(26)4-12-5-16(24)17(25)8-15(12)23/h5,8,13-14,18-19,27H,4,6-7,9-11,26H2,1-3H3/t13-,14+,18?,19+/m0/s1. The van der Waals surface area contributed by atoms with Gasteiger partial charge >= 0.3 is 0 Å². The number of nitrogens with one attached hydrogen (secondary N) is 1. The predicted molar refractivity (Wildman–Crippen MR) is 107 cm³/mol. The average Bonchev–Trinajstić information content (AvgIpc) is 3.18. The van der Waals surface area contributed by atoms with E-state index in [0.29, 0.717) is 25.5 Å². The lowest BCUT2D eigenvalue weighted by molar-refractivity contribution is -0.140. The van der Waals surface area contributed by atoms with Crippen molar-refractivity contribution in [2.24, 2.45) is 17.1 Å². The molecule has 2 aliphatic rings. The fraction of sp³-hybridized carbons (Fsp3) is 0.636. The Morgan fingerprint density at radius 3 is 2.50 bits per heavy atom. The summed E-state index contributed by atoms with van der Waals surface area (Å²) in [5.74, 6) is -3.30. The molecule has 30 heavy (non-hydrogen) atoms. The van der Waals surface area contributed by atoms with Gasteiger partial charge in [-0.15, -0.1) is 0 Å². The average molecular weight is 425 g/mol. The van der Waals surface area contributed by atoms with Gasteiger partial charge in [-0.3, -0.25) is 9.59 Å². The molecule has 5 nitrogen and oxygen atoms in total. The third-order valence-electron chi connectivity index (χ3n) is 5.90. The minimum atomic E-state index is -1.27. The Hall–Kier alpha value is -1.93. The van der Waals surface area contributed by atoms with E-state index in [0.717, 1.165) is 12.6 Å². The van der Waals surface area contributed by atoms with Gasteiger partial charge < -0.3 is 16.0 Å². The smallest absolute Gasteiger partial charge is 0.225 e. The highest BCUT2D eigenvalue weighted by Crippen LogP contribution is 2.35. The molecule has 4 atom stereocenters. The number of ketones is 1. The largest absolute Gasteiger partial charge is 0.328 e. The van der Waals surface area contributed by atoms with Gasteiger partial charge in [0.2, 0.25) is 5.91 Å². The van der Waals surface area contributed by atoms with Gasteiger partial charge in [-0.1, -0.05) is 20.8 Å². The number of halogens is 3. The van der Waals surface area contributed by atoms with E-state index in [4.69, 9.17) is 5.73 Å². The van der Waals surface area contributed by atoms with Crippen LogP contribution in [0.1, 0.15) is 45.6 Å². The molecule has 0 aromatic heterocycles. The molecule has 3 N–H and O–H groups in total. The van der Waals surface area contributed by atoms with Gasteiger partial charge in [0, 0.05) is 44.1 Å². The van der Waals surface area contributed by atoms with Crippen LogP contribution in [-0.4, -0.2) is 47.8 Å². The van der Waals surface area contributed by atoms with E-state index in [1.165, 1.54) is 0 Å². The maximum Gasteiger partial charge on any atom is 0.225 e. The van der Waals surface area contributed by atoms with Gasteiger partial charge in [0.25, 0.3) is 0 Å². The Morgan fingerprint density at radius 2 is 1.83 bits per heavy atom. The van der Waals surface area contributed by atoms with Crippen LogP contribution in [0, 0.1) is 28.8 Å². The number of likely N-dealkylation sites (tertiary alicyclic amines) is 1. The van der Waals surface area contributed by atoms with Crippen LogP contribution in [0.4, 0.5) is 13.2 Å². The van der Waals surface area contributed by atoms with Crippen LogP contribution in [-0.2, 0) is 16.0 Å². The van der Waals surface area contributed by atoms with Crippen molar-refractivity contribution in [3.05, 3.63) is 35.1 Å². The van der Waals surface area contributed by atoms with Gasteiger partial charge in [0.05, 0.1) is 6.04 Å². The number of benzene rings is 1. The number of fused-ring (bicyclic) bond motifs is 1. The van der Waals surface area contributed by atoms with Gasteiger partial charge in [-0.05, 0) is 35.8 Å². The quantitative estimate of drug-likeness (QED) is 0.687. The van der Waals surface area contributed by atoms with Crippen molar-refractivity contribution in [2.45, 2.75) is 64.6 Å². The molecule has 0 radical (unpaired) electrons. The van der Waals surface area contributed by atoms with Gasteiger partial charge in [0.15, 0.2) is 17.4 Å². The van der Waals surface area contributed by atoms with Gasteiger partial charge in [-0.2, -0.15) is 0 Å². The Morgan fingerprint density at radius 1 is 1.17 bits per heavy atom. The van der Waals surface area contributed by atoms with Crippen molar-refractivity contribution >= 4 is 11.7 Å². The van der Waals surface area contributed by atoms with E-state index < -0.39 is 29.5 Å². The second kappa shape index (κ2) is 8.67. The van der Waals surface area contributed by atoms with E-state index in [1.54, 1.807) is 4.90 Å². The molecule has 0 aliphatic carbocycles. The van der Waals surface area contributed by atoms with Crippen molar-refractivity contribution in [2.75, 3.05) is 13.1 Å². The summed E-state index contributed by atoms with van der Waals surface area (Å²) in [5, 5.41) is 3.27. The van der Waals surface area contributed by atoms with Crippen LogP contribution in [0.25, 0.3) is 0 Å². The van der Waals surface area contributed by atoms with Crippen LogP contribution < -0.4 is 11.1 Å². The first-order valence-corrected chi connectivity index (χ1v) is 10.4. The van der Waals surface area contributed by atoms with Crippen molar-refractivity contribution in [1.82, 2.24) is 10.2 Å². The maximum absolute atomic E-state index is 13.9. The third-order valence-corrected chi connectivity index (χ3v) is 5.90. The summed E-state index contributed by atoms with van der Waals surface area (Å²) >= 11 is 0. The molecule has 2 fully saturated rings. The van der Waals surface area contributed by atoms with Gasteiger partial charge in [0.1, 0.15) is 5.82 Å². The molecular weight excluding hydrogens is 395 g/mol. The zero-order valence-corrected chi connectivity index (χ0v) is 17.7. The Balaban J connectivity index is 1.71. The van der Waals surface area contributed by atoms with Crippen molar-refractivity contribution < 1.29 is 22.8 Å². The third kappa shape index (κ3) is 5.03. The highest BCUT2D eigenvalue weighted by molar-refractivity contribution is 5.90. The molecule has 2 aliphatic heterocycles. The lowest BCUT2D eigenvalue weighted by Crippen LogP contribution is -2.49. The number of hydrogen-bond donors (Lipinski definition) is 2. The van der Waals surface area contributed by atoms with Crippen molar-refractivity contribution in [1.29, 1.82) is 0 Å². The zero-order chi connectivity index (χ0) is 22.2. The fourth-order valence-electron chi connectivity index (χ4n) is 4.61. The maximum atomic E-state index is 13.9. The lowest BCUT2D eigenvalue weighted by atomic mass is 9.86. The van der Waals surface area contributed by atoms with E-state index in [2.05, 4.69) is 5.32 Å². The van der Waals surface area contributed by atoms with Crippen LogP contribution in [0.15, 0.2) is 12.1 Å². The molecule has 2 saturated heterocycles. The minimum absolute atomic E-state index is 0.0467. The number of carbonyl (C=O) groups excluding carboxylic acids is 2. The number of amides is 1. The molecule has 166 valence electrons. The highest BCUT2D eigenvalue weighted by Gasteiger charge is 2.48. The molecule has 0 spiro atoms. The molecule has 1 unspecified atom stereocenters. The number of nitrogens with two attached hydrogens (primary N) is 1. The molecule has 0 bridgehead atoms. The Labute approximate surface area is 175 Å². The molecule has 2 heterocycles. The Kier molecular flexibility index (Phi) is 6.57. The highest BCUT2D eigenvalue weighted by atomic mass is 19.2. The zero-order valence-electron chi connectivity index (χ0n) is 17.7. The fourth-order valence-corrected chi connectivity index (χ4v) is 4.61. The molecule has 1 amide bonds. The van der Waals surface area contributed by atoms with Crippen LogP contribution in [0.5, 0.6) is 0 Å². The summed E-state index contributed by atoms with van der Waals surface area (Å²) in [6, 6.07) is -0.0455. The summed E-state index contributed by atoms with van der Waals surface area (Å²) in [6.45, 7) is 7.35. The molecule has 1 aromatic carbocycles. The Bertz CT molecular complexity index is 825. The van der Waals surface area contributed by atoms with Crippen LogP contribution >= 0.6 is 0 Å². The summed E-state index contributed by atoms with van der Waals surface area (Å²) in [5.41, 5.74) is 5.81. The number of Topliss-reactive ketones (excluding diaryl/α,β-unsaturated/α-hetero) is 1. The predicted octanol–water partition coefficient (Wildman–Crippen LogP) is 2.56. The number of hydrogen-bond acceptors (Lipinski definition) is 4. The lowest BCUT2D eigenvalue weighted by Gasteiger charge is -2.31. The number of nitrogens with zero attached hydrogens (tertiary/aromatic N) is 1. The summed E-state index contributed by atoms with van der Waals surface area (Å²) in [4.78, 5) is 27.7. The van der Waals surface area contributed by atoms with Crippen molar-refractivity contribution in [3.8, 4) is 0 Å². The number of rotatable bonds is 6. The van der Waals surface area contributed by atoms with Crippen LogP contribution in [0.2, 0.25) is 0 Å². The summed E-state index contributed by atoms with van der Waals surface area (Å²) < 4.78 is 40.5. The molecule has 8 heteroatoms. The van der Waals surface area contributed by atoms with E-state index in [9.17, 15) is 22.8 Å². The summed E-state index contributed by atoms with van der Waals surface area (Å²) in [7, 11) is 0. The molecule has 1 aromatic rings. The first kappa shape index (κ1) is 22.7. The second-order valence-electron chi connectivity index (χ2n) is 9.77. The monoisotopic (exact) mass is 425 g/mol. The van der Waals surface area contributed by atoms with E-state index in [1.807, 2.05) is 20.8 Å². The first-order chi connectivity index (χ1) is 14.0. The molecule has 3 rings (SSSR count). The van der Waals surface area contributed by atoms with E-state index >= 15 is 0 Å². The van der Waals surface area contributed by atoms with Crippen molar-refractivity contribution in [3.63, 3.8) is 0 Å².